The number of hydrogen-bond acceptors (Lipinski definition) is 1. The summed E-state index contributed by atoms with van der Waals surface area (Å²) in [5.74, 6) is 0. The third-order valence-corrected chi connectivity index (χ3v) is 3.52. The highest BCUT2D eigenvalue weighted by atomic mass is 35.5. The molecule has 18 heavy (non-hydrogen) atoms. The zero-order chi connectivity index (χ0) is 13.3. The van der Waals surface area contributed by atoms with Crippen LogP contribution in [0.25, 0.3) is 0 Å². The maximum atomic E-state index is 10.4. The lowest BCUT2D eigenvalue weighted by atomic mass is 9.53. The summed E-state index contributed by atoms with van der Waals surface area (Å²) in [7, 11) is 0. The second-order valence-corrected chi connectivity index (χ2v) is 5.28. The molecule has 0 aliphatic carbocycles. The zero-order valence-electron chi connectivity index (χ0n) is 10.2. The van der Waals surface area contributed by atoms with Gasteiger partial charge in [0.1, 0.15) is 0 Å². The van der Waals surface area contributed by atoms with E-state index in [-0.39, 0.29) is 0 Å². The van der Waals surface area contributed by atoms with E-state index in [9.17, 15) is 5.02 Å². The third-order valence-electron chi connectivity index (χ3n) is 3.05. The van der Waals surface area contributed by atoms with Gasteiger partial charge in [0.05, 0.1) is 0 Å². The van der Waals surface area contributed by atoms with E-state index in [1.54, 1.807) is 12.1 Å². The molecule has 4 heteroatoms. The van der Waals surface area contributed by atoms with Crippen LogP contribution in [0.3, 0.4) is 0 Å². The van der Waals surface area contributed by atoms with Crippen molar-refractivity contribution in [2.45, 2.75) is 13.8 Å². The zero-order valence-corrected chi connectivity index (χ0v) is 11.8. The molecule has 0 amide bonds. The van der Waals surface area contributed by atoms with Crippen LogP contribution in [0.2, 0.25) is 10.0 Å². The van der Waals surface area contributed by atoms with Gasteiger partial charge >= 0.3 is 6.92 Å². The van der Waals surface area contributed by atoms with Crippen LogP contribution in [0.4, 0.5) is 0 Å². The quantitative estimate of drug-likeness (QED) is 0.838. The Hall–Kier alpha value is -0.955. The maximum Gasteiger partial charge on any atom is 0.359 e. The van der Waals surface area contributed by atoms with Gasteiger partial charge in [-0.15, -0.1) is 0 Å². The molecular weight excluding hydrogens is 266 g/mol. The van der Waals surface area contributed by atoms with E-state index in [4.69, 9.17) is 23.2 Å². The van der Waals surface area contributed by atoms with Crippen molar-refractivity contribution in [3.8, 4) is 0 Å². The molecule has 2 aromatic rings. The van der Waals surface area contributed by atoms with Gasteiger partial charge in [-0.25, -0.2) is 0 Å². The molecule has 0 unspecified atom stereocenters. The second-order valence-electron chi connectivity index (χ2n) is 4.40. The minimum atomic E-state index is -0.653. The molecule has 92 valence electrons. The van der Waals surface area contributed by atoms with Crippen LogP contribution < -0.4 is 10.9 Å². The van der Waals surface area contributed by atoms with Crippen LogP contribution in [-0.2, 0) is 0 Å². The monoisotopic (exact) mass is 278 g/mol. The molecule has 0 saturated heterocycles. The molecule has 0 aliphatic rings. The van der Waals surface area contributed by atoms with E-state index in [0.29, 0.717) is 10.0 Å². The van der Waals surface area contributed by atoms with Gasteiger partial charge in [0, 0.05) is 10.0 Å². The van der Waals surface area contributed by atoms with E-state index in [0.717, 1.165) is 22.1 Å². The van der Waals surface area contributed by atoms with Gasteiger partial charge in [0.25, 0.3) is 0 Å². The normalized spacial score (nSPS) is 10.5. The Labute approximate surface area is 117 Å². The van der Waals surface area contributed by atoms with Crippen LogP contribution in [0.15, 0.2) is 36.4 Å². The van der Waals surface area contributed by atoms with Crippen molar-refractivity contribution in [3.63, 3.8) is 0 Å². The van der Waals surface area contributed by atoms with Crippen LogP contribution in [0.5, 0.6) is 0 Å². The number of hydrogen-bond donors (Lipinski definition) is 1. The molecular formula is C14H13BCl2O. The lowest BCUT2D eigenvalue weighted by Crippen LogP contribution is -2.44. The predicted octanol–water partition coefficient (Wildman–Crippen LogP) is 2.71. The van der Waals surface area contributed by atoms with E-state index < -0.39 is 6.92 Å². The molecule has 2 aromatic carbocycles. The molecule has 0 aliphatic heterocycles. The first-order chi connectivity index (χ1) is 8.49. The van der Waals surface area contributed by atoms with E-state index in [1.165, 1.54) is 0 Å². The van der Waals surface area contributed by atoms with Crippen molar-refractivity contribution in [2.24, 2.45) is 0 Å². The fraction of sp³-hybridized carbons (Fsp3) is 0.143. The Bertz CT molecular complexity index is 533. The number of aryl methyl sites for hydroxylation is 2. The third kappa shape index (κ3) is 2.72. The standard InChI is InChI=1S/C14H13BCl2O/c1-9-7-11(16)3-5-13(9)15(18)14-6-4-12(17)8-10(14)2/h3-8,18H,1-2H3. The van der Waals surface area contributed by atoms with Gasteiger partial charge in [-0.1, -0.05) is 46.5 Å². The van der Waals surface area contributed by atoms with Gasteiger partial charge in [0.2, 0.25) is 0 Å². The lowest BCUT2D eigenvalue weighted by Gasteiger charge is -2.13. The van der Waals surface area contributed by atoms with Crippen molar-refractivity contribution >= 4 is 41.0 Å². The van der Waals surface area contributed by atoms with Crippen LogP contribution in [0, 0.1) is 13.8 Å². The van der Waals surface area contributed by atoms with Crippen molar-refractivity contribution < 1.29 is 5.02 Å². The smallest absolute Gasteiger partial charge is 0.359 e. The van der Waals surface area contributed by atoms with Crippen molar-refractivity contribution in [1.29, 1.82) is 0 Å². The first kappa shape index (κ1) is 13.5. The predicted molar refractivity (Wildman–Crippen MR) is 79.6 cm³/mol. The molecule has 0 heterocycles. The van der Waals surface area contributed by atoms with Gasteiger partial charge in [-0.2, -0.15) is 0 Å². The van der Waals surface area contributed by atoms with Gasteiger partial charge in [0.15, 0.2) is 0 Å². The largest absolute Gasteiger partial charge is 0.443 e. The average Bonchev–Trinajstić information content (AvgIpc) is 2.28. The first-order valence-corrected chi connectivity index (χ1v) is 6.45. The molecule has 0 radical (unpaired) electrons. The van der Waals surface area contributed by atoms with Gasteiger partial charge in [-0.3, -0.25) is 0 Å². The number of benzene rings is 2. The highest BCUT2D eigenvalue weighted by Gasteiger charge is 2.20. The molecule has 0 bridgehead atoms. The summed E-state index contributed by atoms with van der Waals surface area (Å²) in [5, 5.41) is 11.8. The summed E-state index contributed by atoms with van der Waals surface area (Å²) >= 11 is 11.8. The molecule has 0 fully saturated rings. The van der Waals surface area contributed by atoms with Crippen LogP contribution in [0.1, 0.15) is 11.1 Å². The average molecular weight is 279 g/mol. The Morgan fingerprint density at radius 2 is 1.22 bits per heavy atom. The Morgan fingerprint density at radius 1 is 0.833 bits per heavy atom. The number of halogens is 2. The van der Waals surface area contributed by atoms with Gasteiger partial charge < -0.3 is 5.02 Å². The first-order valence-electron chi connectivity index (χ1n) is 5.69. The maximum absolute atomic E-state index is 10.4. The van der Waals surface area contributed by atoms with Crippen molar-refractivity contribution in [1.82, 2.24) is 0 Å². The summed E-state index contributed by atoms with van der Waals surface area (Å²) in [6.07, 6.45) is 0. The Morgan fingerprint density at radius 3 is 1.56 bits per heavy atom. The fourth-order valence-electron chi connectivity index (χ4n) is 2.06. The van der Waals surface area contributed by atoms with Crippen molar-refractivity contribution in [3.05, 3.63) is 57.6 Å². The fourth-order valence-corrected chi connectivity index (χ4v) is 2.51. The molecule has 1 N–H and O–H groups in total. The number of rotatable bonds is 2. The van der Waals surface area contributed by atoms with Gasteiger partial charge in [-0.05, 0) is 49.0 Å². The summed E-state index contributed by atoms with van der Waals surface area (Å²) < 4.78 is 0. The molecule has 0 spiro atoms. The van der Waals surface area contributed by atoms with E-state index in [1.807, 2.05) is 38.1 Å². The SMILES string of the molecule is Cc1cc(Cl)ccc1B(O)c1ccc(Cl)cc1C. The van der Waals surface area contributed by atoms with E-state index >= 15 is 0 Å². The topological polar surface area (TPSA) is 20.2 Å². The molecule has 0 aromatic heterocycles. The molecule has 0 atom stereocenters. The highest BCUT2D eigenvalue weighted by molar-refractivity contribution is 6.79. The van der Waals surface area contributed by atoms with Crippen LogP contribution >= 0.6 is 23.2 Å². The highest BCUT2D eigenvalue weighted by Crippen LogP contribution is 2.11. The lowest BCUT2D eigenvalue weighted by molar-refractivity contribution is 0.599. The Kier molecular flexibility index (Phi) is 4.01. The molecule has 1 nitrogen and oxygen atoms in total. The molecule has 0 saturated carbocycles. The minimum absolute atomic E-state index is 0.653. The van der Waals surface area contributed by atoms with Crippen LogP contribution in [-0.4, -0.2) is 11.9 Å². The minimum Gasteiger partial charge on any atom is -0.443 e. The second kappa shape index (κ2) is 5.35. The summed E-state index contributed by atoms with van der Waals surface area (Å²) in [4.78, 5) is 0. The van der Waals surface area contributed by atoms with E-state index in [2.05, 4.69) is 0 Å². The van der Waals surface area contributed by atoms with Crippen molar-refractivity contribution in [2.75, 3.05) is 0 Å². The summed E-state index contributed by atoms with van der Waals surface area (Å²) in [5.41, 5.74) is 3.68. The summed E-state index contributed by atoms with van der Waals surface area (Å²) in [6.45, 7) is 3.23. The molecule has 2 rings (SSSR count). The summed E-state index contributed by atoms with van der Waals surface area (Å²) in [6, 6.07) is 11.0. The Balaban J connectivity index is 2.44.